The number of esters is 1. The molecule has 3 rings (SSSR count). The molecular weight excluding hydrogens is 411 g/mol. The second-order valence-corrected chi connectivity index (χ2v) is 6.83. The molecule has 0 spiro atoms. The number of aromatic carboxylic acids is 1. The molecule has 1 heterocycles. The van der Waals surface area contributed by atoms with Crippen molar-refractivity contribution in [2.75, 3.05) is 6.61 Å². The Balaban J connectivity index is 0.00000341. The van der Waals surface area contributed by atoms with Crippen LogP contribution in [0.4, 0.5) is 0 Å². The topological polar surface area (TPSA) is 106 Å². The number of aryl methyl sites for hydroxylation is 1. The molecule has 0 aliphatic heterocycles. The Morgan fingerprint density at radius 2 is 1.84 bits per heavy atom. The van der Waals surface area contributed by atoms with Crippen LogP contribution in [0.25, 0.3) is 11.0 Å². The Kier molecular flexibility index (Phi) is 8.86. The van der Waals surface area contributed by atoms with Crippen molar-refractivity contribution in [3.05, 3.63) is 75.6 Å². The molecule has 0 N–H and O–H groups in total. The number of carboxylic acids is 1. The summed E-state index contributed by atoms with van der Waals surface area (Å²) in [4.78, 5) is 35.9. The summed E-state index contributed by atoms with van der Waals surface area (Å²) in [6.07, 6.45) is 0.792. The Bertz CT molecular complexity index is 1120. The van der Waals surface area contributed by atoms with Gasteiger partial charge in [0, 0.05) is 6.07 Å². The first-order chi connectivity index (χ1) is 14.4. The molecule has 0 saturated carbocycles. The zero-order chi connectivity index (χ0) is 21.7. The molecule has 3 aromatic rings. The molecule has 0 bridgehead atoms. The Morgan fingerprint density at radius 1 is 1.13 bits per heavy atom. The Labute approximate surface area is 201 Å². The minimum atomic E-state index is -1.57. The smallest absolute Gasteiger partial charge is 0.542 e. The standard InChI is InChI=1S/C23H22O7.Na/c1-3-7-15-10-11-18(20-17(24)12-19(22(25)26)30-21(15)20)28-13-14(2)29-23(27)16-8-5-4-6-9-16;/h4-6,8-12,14H,3,7,13H2,1-2H3,(H,25,26);/q;+1/p-1. The summed E-state index contributed by atoms with van der Waals surface area (Å²) in [5.74, 6) is -2.35. The van der Waals surface area contributed by atoms with Gasteiger partial charge in [-0.15, -0.1) is 0 Å². The zero-order valence-electron chi connectivity index (χ0n) is 17.7. The van der Waals surface area contributed by atoms with Gasteiger partial charge in [-0.25, -0.2) is 4.79 Å². The molecule has 1 aromatic heterocycles. The second kappa shape index (κ2) is 11.1. The molecule has 8 heteroatoms. The van der Waals surface area contributed by atoms with Crippen LogP contribution < -0.4 is 44.8 Å². The van der Waals surface area contributed by atoms with E-state index in [0.29, 0.717) is 17.5 Å². The van der Waals surface area contributed by atoms with E-state index in [9.17, 15) is 19.5 Å². The summed E-state index contributed by atoms with van der Waals surface area (Å²) < 4.78 is 16.5. The first kappa shape index (κ1) is 24.7. The van der Waals surface area contributed by atoms with Crippen molar-refractivity contribution in [3.63, 3.8) is 0 Å². The number of ether oxygens (including phenoxy) is 2. The molecule has 0 aliphatic rings. The maximum absolute atomic E-state index is 12.6. The van der Waals surface area contributed by atoms with Gasteiger partial charge >= 0.3 is 35.5 Å². The monoisotopic (exact) mass is 432 g/mol. The van der Waals surface area contributed by atoms with E-state index in [0.717, 1.165) is 12.5 Å². The van der Waals surface area contributed by atoms with Crippen molar-refractivity contribution in [1.82, 2.24) is 0 Å². The molecule has 0 fully saturated rings. The number of carbonyl (C=O) groups is 2. The fraction of sp³-hybridized carbons (Fsp3) is 0.261. The number of carbonyl (C=O) groups excluding carboxylic acids is 2. The fourth-order valence-corrected chi connectivity index (χ4v) is 3.04. The minimum Gasteiger partial charge on any atom is -0.542 e. The fourth-order valence-electron chi connectivity index (χ4n) is 3.04. The SMILES string of the molecule is CCCc1ccc(OCC(C)OC(=O)c2ccccc2)c2c(=O)cc(C(=O)[O-])oc12.[Na+]. The maximum Gasteiger partial charge on any atom is 1.00 e. The third-order valence-electron chi connectivity index (χ3n) is 4.43. The third-order valence-corrected chi connectivity index (χ3v) is 4.43. The van der Waals surface area contributed by atoms with Crippen molar-refractivity contribution in [3.8, 4) is 5.75 Å². The summed E-state index contributed by atoms with van der Waals surface area (Å²) in [5, 5.41) is 11.3. The van der Waals surface area contributed by atoms with E-state index in [1.807, 2.05) is 6.92 Å². The van der Waals surface area contributed by atoms with Gasteiger partial charge in [-0.05, 0) is 37.1 Å². The van der Waals surface area contributed by atoms with Crippen LogP contribution in [0.3, 0.4) is 0 Å². The Morgan fingerprint density at radius 3 is 2.48 bits per heavy atom. The molecule has 1 unspecified atom stereocenters. The van der Waals surface area contributed by atoms with Crippen molar-refractivity contribution in [2.24, 2.45) is 0 Å². The van der Waals surface area contributed by atoms with E-state index in [1.54, 1.807) is 49.4 Å². The molecule has 0 radical (unpaired) electrons. The van der Waals surface area contributed by atoms with E-state index in [1.165, 1.54) is 0 Å². The first-order valence-corrected chi connectivity index (χ1v) is 9.60. The molecular formula is C23H21NaO7. The van der Waals surface area contributed by atoms with E-state index in [4.69, 9.17) is 13.9 Å². The predicted octanol–water partition coefficient (Wildman–Crippen LogP) is -0.263. The Hall–Kier alpha value is -2.61. The summed E-state index contributed by atoms with van der Waals surface area (Å²) in [6.45, 7) is 3.63. The molecule has 1 atom stereocenters. The van der Waals surface area contributed by atoms with Gasteiger partial charge in [-0.3, -0.25) is 4.79 Å². The van der Waals surface area contributed by atoms with Crippen LogP contribution in [0, 0.1) is 0 Å². The van der Waals surface area contributed by atoms with E-state index in [-0.39, 0.29) is 52.9 Å². The zero-order valence-corrected chi connectivity index (χ0v) is 19.7. The van der Waals surface area contributed by atoms with Crippen molar-refractivity contribution < 1.29 is 58.1 Å². The minimum absolute atomic E-state index is 0. The number of rotatable bonds is 8. The van der Waals surface area contributed by atoms with Gasteiger partial charge in [0.25, 0.3) is 0 Å². The molecule has 0 saturated heterocycles. The van der Waals surface area contributed by atoms with Crippen molar-refractivity contribution in [1.29, 1.82) is 0 Å². The predicted molar refractivity (Wildman–Crippen MR) is 108 cm³/mol. The largest absolute Gasteiger partial charge is 1.00 e. The molecule has 2 aromatic carbocycles. The third kappa shape index (κ3) is 5.97. The van der Waals surface area contributed by atoms with Crippen LogP contribution in [-0.4, -0.2) is 24.6 Å². The van der Waals surface area contributed by atoms with Crippen LogP contribution in [0.2, 0.25) is 0 Å². The first-order valence-electron chi connectivity index (χ1n) is 9.60. The normalized spacial score (nSPS) is 11.4. The summed E-state index contributed by atoms with van der Waals surface area (Å²) in [7, 11) is 0. The van der Waals surface area contributed by atoms with Gasteiger partial charge in [0.15, 0.2) is 11.2 Å². The van der Waals surface area contributed by atoms with Crippen molar-refractivity contribution >= 4 is 22.9 Å². The number of carboxylic acid groups (broad SMARTS) is 1. The molecule has 0 amide bonds. The summed E-state index contributed by atoms with van der Waals surface area (Å²) >= 11 is 0. The summed E-state index contributed by atoms with van der Waals surface area (Å²) in [5.41, 5.74) is 0.741. The van der Waals surface area contributed by atoms with Crippen LogP contribution >= 0.6 is 0 Å². The molecule has 0 aliphatic carbocycles. The van der Waals surface area contributed by atoms with Crippen LogP contribution in [0.5, 0.6) is 5.75 Å². The average molecular weight is 432 g/mol. The van der Waals surface area contributed by atoms with E-state index < -0.39 is 29.2 Å². The second-order valence-electron chi connectivity index (χ2n) is 6.83. The molecule has 31 heavy (non-hydrogen) atoms. The van der Waals surface area contributed by atoms with Crippen LogP contribution in [0.1, 0.15) is 46.7 Å². The van der Waals surface area contributed by atoms with E-state index in [2.05, 4.69) is 0 Å². The number of hydrogen-bond donors (Lipinski definition) is 0. The van der Waals surface area contributed by atoms with Gasteiger partial charge in [-0.2, -0.15) is 0 Å². The average Bonchev–Trinajstić information content (AvgIpc) is 2.73. The van der Waals surface area contributed by atoms with Crippen LogP contribution in [0.15, 0.2) is 57.7 Å². The van der Waals surface area contributed by atoms with Gasteiger partial charge in [0.2, 0.25) is 0 Å². The number of benzene rings is 2. The number of fused-ring (bicyclic) bond motifs is 1. The maximum atomic E-state index is 12.6. The van der Waals surface area contributed by atoms with Crippen molar-refractivity contribution in [2.45, 2.75) is 32.8 Å². The van der Waals surface area contributed by atoms with Gasteiger partial charge in [0.05, 0.1) is 5.56 Å². The molecule has 156 valence electrons. The van der Waals surface area contributed by atoms with Gasteiger partial charge in [-0.1, -0.05) is 37.6 Å². The number of hydrogen-bond acceptors (Lipinski definition) is 7. The quantitative estimate of drug-likeness (QED) is 0.357. The van der Waals surface area contributed by atoms with Crippen LogP contribution in [-0.2, 0) is 11.2 Å². The molecule has 7 nitrogen and oxygen atoms in total. The van der Waals surface area contributed by atoms with Gasteiger partial charge < -0.3 is 23.8 Å². The summed E-state index contributed by atoms with van der Waals surface area (Å²) in [6, 6.07) is 12.8. The van der Waals surface area contributed by atoms with E-state index >= 15 is 0 Å². The van der Waals surface area contributed by atoms with Gasteiger partial charge in [0.1, 0.15) is 35.4 Å².